The van der Waals surface area contributed by atoms with Crippen LogP contribution < -0.4 is 5.43 Å². The van der Waals surface area contributed by atoms with Gasteiger partial charge in [0, 0.05) is 29.1 Å². The molecule has 0 atom stereocenters. The summed E-state index contributed by atoms with van der Waals surface area (Å²) in [5, 5.41) is 14.2. The molecule has 0 saturated carbocycles. The minimum absolute atomic E-state index is 0.0361. The lowest BCUT2D eigenvalue weighted by molar-refractivity contribution is 0.175. The number of aromatic amines is 1. The van der Waals surface area contributed by atoms with Gasteiger partial charge in [-0.1, -0.05) is 38.1 Å². The van der Waals surface area contributed by atoms with Gasteiger partial charge in [0.05, 0.1) is 11.3 Å². The van der Waals surface area contributed by atoms with Gasteiger partial charge in [-0.05, 0) is 48.3 Å². The molecule has 5 rings (SSSR count). The molecule has 6 nitrogen and oxygen atoms in total. The highest BCUT2D eigenvalue weighted by Gasteiger charge is 2.50. The van der Waals surface area contributed by atoms with Crippen molar-refractivity contribution >= 4 is 11.1 Å². The molecule has 2 aliphatic rings. The first-order chi connectivity index (χ1) is 13.2. The first-order valence-corrected chi connectivity index (χ1v) is 9.58. The Balaban J connectivity index is 1.89. The molecule has 0 radical (unpaired) electrons. The molecule has 1 aliphatic carbocycles. The van der Waals surface area contributed by atoms with Crippen molar-refractivity contribution in [2.45, 2.75) is 46.6 Å². The van der Waals surface area contributed by atoms with E-state index in [-0.39, 0.29) is 16.4 Å². The average molecular weight is 373 g/mol. The highest BCUT2D eigenvalue weighted by molar-refractivity contribution is 6.00. The van der Waals surface area contributed by atoms with Crippen LogP contribution in [-0.2, 0) is 12.0 Å². The van der Waals surface area contributed by atoms with Crippen LogP contribution in [0.1, 0.15) is 50.1 Å². The lowest BCUT2D eigenvalue weighted by Crippen LogP contribution is -2.47. The first kappa shape index (κ1) is 17.1. The molecular formula is C22H23N5O. The van der Waals surface area contributed by atoms with Crippen molar-refractivity contribution in [1.29, 1.82) is 0 Å². The Hall–Kier alpha value is -3.02. The Labute approximate surface area is 163 Å². The molecule has 6 heteroatoms. The quantitative estimate of drug-likeness (QED) is 0.707. The maximum Gasteiger partial charge on any atom is 0.210 e. The molecule has 3 heterocycles. The van der Waals surface area contributed by atoms with Crippen LogP contribution in [0, 0.1) is 12.3 Å². The minimum atomic E-state index is -0.254. The second-order valence-corrected chi connectivity index (χ2v) is 8.82. The van der Waals surface area contributed by atoms with Crippen molar-refractivity contribution in [3.05, 3.63) is 63.1 Å². The largest absolute Gasteiger partial charge is 0.340 e. The van der Waals surface area contributed by atoms with Crippen LogP contribution in [0.3, 0.4) is 0 Å². The van der Waals surface area contributed by atoms with Crippen LogP contribution in [0.25, 0.3) is 22.5 Å². The molecule has 0 bridgehead atoms. The Morgan fingerprint density at radius 1 is 1.11 bits per heavy atom. The van der Waals surface area contributed by atoms with Crippen LogP contribution >= 0.6 is 0 Å². The van der Waals surface area contributed by atoms with Gasteiger partial charge in [-0.2, -0.15) is 5.21 Å². The number of pyridine rings is 1. The third kappa shape index (κ3) is 1.92. The summed E-state index contributed by atoms with van der Waals surface area (Å²) in [6.45, 7) is 11.0. The topological polar surface area (TPSA) is 76.5 Å². The first-order valence-electron chi connectivity index (χ1n) is 9.58. The van der Waals surface area contributed by atoms with E-state index in [1.54, 1.807) is 0 Å². The maximum atomic E-state index is 13.2. The number of hydrogen-bond donors (Lipinski definition) is 1. The fourth-order valence-corrected chi connectivity index (χ4v) is 4.87. The summed E-state index contributed by atoms with van der Waals surface area (Å²) >= 11 is 0. The van der Waals surface area contributed by atoms with Crippen LogP contribution in [0.2, 0.25) is 0 Å². The Bertz CT molecular complexity index is 1210. The van der Waals surface area contributed by atoms with Gasteiger partial charge in [0.15, 0.2) is 5.43 Å². The number of tetrazole rings is 1. The van der Waals surface area contributed by atoms with Gasteiger partial charge in [-0.3, -0.25) is 4.79 Å². The summed E-state index contributed by atoms with van der Waals surface area (Å²) in [4.78, 5) is 13.2. The smallest absolute Gasteiger partial charge is 0.210 e. The number of allylic oxidation sites excluding steroid dienone is 2. The summed E-state index contributed by atoms with van der Waals surface area (Å²) in [7, 11) is 0. The third-order valence-corrected chi connectivity index (χ3v) is 7.02. The highest BCUT2D eigenvalue weighted by atomic mass is 16.1. The van der Waals surface area contributed by atoms with Crippen LogP contribution in [0.15, 0.2) is 35.3 Å². The third-order valence-electron chi connectivity index (χ3n) is 7.02. The summed E-state index contributed by atoms with van der Waals surface area (Å²) in [6.07, 6.45) is 2.77. The fourth-order valence-electron chi connectivity index (χ4n) is 4.87. The molecule has 0 fully saturated rings. The van der Waals surface area contributed by atoms with E-state index in [1.807, 2.05) is 13.1 Å². The molecule has 142 valence electrons. The molecule has 2 aromatic heterocycles. The van der Waals surface area contributed by atoms with Gasteiger partial charge >= 0.3 is 0 Å². The van der Waals surface area contributed by atoms with E-state index in [0.717, 1.165) is 17.7 Å². The zero-order chi connectivity index (χ0) is 19.8. The standard InChI is InChI=1S/C22H23N5O/c1-12-18-15-10-13-8-6-7-9-14(13)17(15)21(2,3)22(4,5)27(18)11-16(19(12)28)20-23-25-26-24-20/h6-9,11H,10H2,1-5H3,(H,23,24,25,26). The molecule has 3 aromatic rings. The average Bonchev–Trinajstić information content (AvgIpc) is 3.30. The number of benzene rings is 1. The maximum absolute atomic E-state index is 13.2. The molecule has 0 saturated heterocycles. The van der Waals surface area contributed by atoms with E-state index < -0.39 is 0 Å². The van der Waals surface area contributed by atoms with Crippen molar-refractivity contribution in [1.82, 2.24) is 25.2 Å². The van der Waals surface area contributed by atoms with E-state index in [1.165, 1.54) is 22.3 Å². The lowest BCUT2D eigenvalue weighted by Gasteiger charge is -2.50. The van der Waals surface area contributed by atoms with Crippen molar-refractivity contribution in [3.63, 3.8) is 0 Å². The van der Waals surface area contributed by atoms with Crippen molar-refractivity contribution < 1.29 is 0 Å². The van der Waals surface area contributed by atoms with Crippen LogP contribution in [0.5, 0.6) is 0 Å². The summed E-state index contributed by atoms with van der Waals surface area (Å²) in [6, 6.07) is 8.61. The van der Waals surface area contributed by atoms with E-state index in [9.17, 15) is 4.79 Å². The molecule has 0 unspecified atom stereocenters. The highest BCUT2D eigenvalue weighted by Crippen LogP contribution is 2.58. The van der Waals surface area contributed by atoms with Gasteiger partial charge in [-0.25, -0.2) is 0 Å². The lowest BCUT2D eigenvalue weighted by atomic mass is 9.64. The van der Waals surface area contributed by atoms with Crippen LogP contribution in [-0.4, -0.2) is 25.2 Å². The zero-order valence-corrected chi connectivity index (χ0v) is 16.8. The number of H-pyrrole nitrogens is 1. The van der Waals surface area contributed by atoms with E-state index in [4.69, 9.17) is 0 Å². The molecule has 1 aromatic carbocycles. The zero-order valence-electron chi connectivity index (χ0n) is 16.8. The molecule has 0 amide bonds. The van der Waals surface area contributed by atoms with Gasteiger partial charge in [0.25, 0.3) is 0 Å². The van der Waals surface area contributed by atoms with E-state index in [0.29, 0.717) is 11.4 Å². The fraction of sp³-hybridized carbons (Fsp3) is 0.364. The van der Waals surface area contributed by atoms with Crippen molar-refractivity contribution in [2.75, 3.05) is 0 Å². The van der Waals surface area contributed by atoms with Crippen molar-refractivity contribution in [3.8, 4) is 11.4 Å². The van der Waals surface area contributed by atoms with Gasteiger partial charge in [0.1, 0.15) is 0 Å². The SMILES string of the molecule is Cc1c2n(cc(-c3nn[nH]n3)c1=O)C(C)(C)C(C)(C)C1=C2Cc2ccccc21. The summed E-state index contributed by atoms with van der Waals surface area (Å²) in [5.74, 6) is 0.339. The van der Waals surface area contributed by atoms with Crippen molar-refractivity contribution in [2.24, 2.45) is 5.41 Å². The Morgan fingerprint density at radius 3 is 2.57 bits per heavy atom. The van der Waals surface area contributed by atoms with Crippen LogP contribution in [0.4, 0.5) is 0 Å². The number of nitrogens with zero attached hydrogens (tertiary/aromatic N) is 4. The predicted molar refractivity (Wildman–Crippen MR) is 109 cm³/mol. The summed E-state index contributed by atoms with van der Waals surface area (Å²) in [5.41, 5.74) is 7.12. The van der Waals surface area contributed by atoms with Gasteiger partial charge in [-0.15, -0.1) is 10.2 Å². The van der Waals surface area contributed by atoms with E-state index in [2.05, 4.69) is 77.2 Å². The summed E-state index contributed by atoms with van der Waals surface area (Å²) < 4.78 is 2.26. The normalized spacial score (nSPS) is 18.6. The molecular weight excluding hydrogens is 350 g/mol. The van der Waals surface area contributed by atoms with Gasteiger partial charge in [0.2, 0.25) is 5.82 Å². The number of hydrogen-bond acceptors (Lipinski definition) is 4. The number of rotatable bonds is 1. The predicted octanol–water partition coefficient (Wildman–Crippen LogP) is 3.58. The number of aromatic nitrogens is 5. The molecule has 1 aliphatic heterocycles. The monoisotopic (exact) mass is 373 g/mol. The molecule has 1 N–H and O–H groups in total. The number of nitrogens with one attached hydrogen (secondary N) is 1. The molecule has 28 heavy (non-hydrogen) atoms. The molecule has 0 spiro atoms. The minimum Gasteiger partial charge on any atom is -0.340 e. The second-order valence-electron chi connectivity index (χ2n) is 8.82. The second kappa shape index (κ2) is 5.28. The van der Waals surface area contributed by atoms with E-state index >= 15 is 0 Å². The Kier molecular flexibility index (Phi) is 3.22. The van der Waals surface area contributed by atoms with Gasteiger partial charge < -0.3 is 4.57 Å². The Morgan fingerprint density at radius 2 is 1.86 bits per heavy atom. The number of fused-ring (bicyclic) bond motifs is 4.